The average Bonchev–Trinajstić information content (AvgIpc) is 3.11. The number of amides is 2. The van der Waals surface area contributed by atoms with E-state index in [0.29, 0.717) is 6.54 Å². The van der Waals surface area contributed by atoms with Gasteiger partial charge < -0.3 is 10.6 Å². The van der Waals surface area contributed by atoms with Gasteiger partial charge in [0.1, 0.15) is 4.90 Å². The Kier molecular flexibility index (Phi) is 5.52. The second kappa shape index (κ2) is 7.08. The third-order valence-corrected chi connectivity index (χ3v) is 6.13. The van der Waals surface area contributed by atoms with E-state index in [1.165, 1.54) is 18.2 Å². The predicted molar refractivity (Wildman–Crippen MR) is 90.9 cm³/mol. The standard InChI is InChI=1S/C15H19N3O4S.ClH/c1-2-18-15(20)12-6-5-10(8-13(12)23(18,21)22)14(19)17-9-11-4-3-7-16-11;/h5-6,8,11,16H,2-4,7,9H2,1H3,(H,17,19);1H. The normalized spacial score (nSPS) is 21.3. The molecular weight excluding hydrogens is 354 g/mol. The van der Waals surface area contributed by atoms with Crippen LogP contribution in [0.2, 0.25) is 0 Å². The quantitative estimate of drug-likeness (QED) is 0.812. The van der Waals surface area contributed by atoms with Gasteiger partial charge in [0.05, 0.1) is 5.56 Å². The summed E-state index contributed by atoms with van der Waals surface area (Å²) in [4.78, 5) is 24.2. The smallest absolute Gasteiger partial charge is 0.268 e. The second-order valence-corrected chi connectivity index (χ2v) is 7.52. The first-order chi connectivity index (χ1) is 10.9. The summed E-state index contributed by atoms with van der Waals surface area (Å²) in [6, 6.07) is 4.45. The van der Waals surface area contributed by atoms with E-state index in [4.69, 9.17) is 0 Å². The van der Waals surface area contributed by atoms with Crippen LogP contribution in [0.4, 0.5) is 0 Å². The molecule has 1 atom stereocenters. The lowest BCUT2D eigenvalue weighted by Gasteiger charge is -2.12. The van der Waals surface area contributed by atoms with E-state index in [2.05, 4.69) is 10.6 Å². The van der Waals surface area contributed by atoms with Crippen LogP contribution in [0.5, 0.6) is 0 Å². The Hall–Kier alpha value is -1.64. The van der Waals surface area contributed by atoms with Gasteiger partial charge in [0.15, 0.2) is 0 Å². The molecule has 2 aliphatic heterocycles. The summed E-state index contributed by atoms with van der Waals surface area (Å²) in [5.74, 6) is -0.872. The second-order valence-electron chi connectivity index (χ2n) is 5.69. The van der Waals surface area contributed by atoms with Gasteiger partial charge >= 0.3 is 0 Å². The van der Waals surface area contributed by atoms with Crippen LogP contribution in [-0.4, -0.2) is 50.2 Å². The van der Waals surface area contributed by atoms with Crippen LogP contribution in [0.1, 0.15) is 40.5 Å². The largest absolute Gasteiger partial charge is 0.350 e. The van der Waals surface area contributed by atoms with Crippen LogP contribution < -0.4 is 10.6 Å². The molecule has 1 unspecified atom stereocenters. The monoisotopic (exact) mass is 373 g/mol. The van der Waals surface area contributed by atoms with Crippen LogP contribution in [0.3, 0.4) is 0 Å². The zero-order chi connectivity index (χ0) is 16.6. The molecule has 2 aliphatic rings. The maximum absolute atomic E-state index is 12.3. The molecule has 1 saturated heterocycles. The molecule has 2 N–H and O–H groups in total. The molecule has 1 aromatic rings. The Labute approximate surface area is 147 Å². The maximum Gasteiger partial charge on any atom is 0.268 e. The van der Waals surface area contributed by atoms with E-state index >= 15 is 0 Å². The van der Waals surface area contributed by atoms with Gasteiger partial charge in [-0.25, -0.2) is 12.7 Å². The highest BCUT2D eigenvalue weighted by Crippen LogP contribution is 2.30. The Balaban J connectivity index is 0.00000208. The molecule has 7 nitrogen and oxygen atoms in total. The van der Waals surface area contributed by atoms with Crippen LogP contribution in [-0.2, 0) is 10.0 Å². The first-order valence-corrected chi connectivity index (χ1v) is 9.12. The molecule has 1 aromatic carbocycles. The van der Waals surface area contributed by atoms with E-state index in [-0.39, 0.29) is 46.9 Å². The van der Waals surface area contributed by atoms with Crippen molar-refractivity contribution in [2.75, 3.05) is 19.6 Å². The summed E-state index contributed by atoms with van der Waals surface area (Å²) in [7, 11) is -3.84. The van der Waals surface area contributed by atoms with Gasteiger partial charge in [0.25, 0.3) is 21.8 Å². The van der Waals surface area contributed by atoms with Crippen molar-refractivity contribution in [3.63, 3.8) is 0 Å². The number of nitrogens with one attached hydrogen (secondary N) is 2. The van der Waals surface area contributed by atoms with Gasteiger partial charge in [-0.2, -0.15) is 0 Å². The lowest BCUT2D eigenvalue weighted by Crippen LogP contribution is -2.37. The highest BCUT2D eigenvalue weighted by Gasteiger charge is 2.40. The fourth-order valence-electron chi connectivity index (χ4n) is 2.98. The van der Waals surface area contributed by atoms with Gasteiger partial charge in [-0.15, -0.1) is 12.4 Å². The van der Waals surface area contributed by atoms with Crippen molar-refractivity contribution in [2.24, 2.45) is 0 Å². The highest BCUT2D eigenvalue weighted by atomic mass is 35.5. The summed E-state index contributed by atoms with van der Waals surface area (Å²) < 4.78 is 25.5. The maximum atomic E-state index is 12.3. The summed E-state index contributed by atoms with van der Waals surface area (Å²) in [6.45, 7) is 3.13. The van der Waals surface area contributed by atoms with Crippen molar-refractivity contribution < 1.29 is 18.0 Å². The predicted octanol–water partition coefficient (Wildman–Crippen LogP) is 0.755. The molecule has 1 fully saturated rings. The Morgan fingerprint density at radius 2 is 2.17 bits per heavy atom. The molecule has 9 heteroatoms. The van der Waals surface area contributed by atoms with E-state index < -0.39 is 15.9 Å². The fourth-order valence-corrected chi connectivity index (χ4v) is 4.58. The van der Waals surface area contributed by atoms with E-state index in [1.54, 1.807) is 6.92 Å². The topological polar surface area (TPSA) is 95.6 Å². The Morgan fingerprint density at radius 3 is 2.79 bits per heavy atom. The summed E-state index contributed by atoms with van der Waals surface area (Å²) in [5.41, 5.74) is 0.372. The van der Waals surface area contributed by atoms with Gasteiger partial charge in [-0.3, -0.25) is 9.59 Å². The number of rotatable bonds is 4. The molecule has 2 amide bonds. The molecule has 0 saturated carbocycles. The summed E-state index contributed by atoms with van der Waals surface area (Å²) >= 11 is 0. The molecular formula is C15H20ClN3O4S. The minimum Gasteiger partial charge on any atom is -0.350 e. The van der Waals surface area contributed by atoms with Gasteiger partial charge in [-0.1, -0.05) is 0 Å². The van der Waals surface area contributed by atoms with Crippen molar-refractivity contribution in [2.45, 2.75) is 30.7 Å². The fraction of sp³-hybridized carbons (Fsp3) is 0.467. The van der Waals surface area contributed by atoms with E-state index in [1.807, 2.05) is 0 Å². The van der Waals surface area contributed by atoms with Crippen molar-refractivity contribution >= 4 is 34.2 Å². The number of sulfonamides is 1. The van der Waals surface area contributed by atoms with Crippen molar-refractivity contribution in [1.82, 2.24) is 14.9 Å². The number of benzene rings is 1. The van der Waals surface area contributed by atoms with Crippen molar-refractivity contribution in [3.8, 4) is 0 Å². The van der Waals surface area contributed by atoms with Crippen LogP contribution in [0, 0.1) is 0 Å². The average molecular weight is 374 g/mol. The van der Waals surface area contributed by atoms with Crippen LogP contribution >= 0.6 is 12.4 Å². The molecule has 132 valence electrons. The van der Waals surface area contributed by atoms with Crippen molar-refractivity contribution in [3.05, 3.63) is 29.3 Å². The van der Waals surface area contributed by atoms with Crippen molar-refractivity contribution in [1.29, 1.82) is 0 Å². The van der Waals surface area contributed by atoms with Gasteiger partial charge in [0.2, 0.25) is 0 Å². The molecule has 3 rings (SSSR count). The minimum absolute atomic E-state index is 0. The number of carbonyl (C=O) groups excluding carboxylic acids is 2. The number of hydrogen-bond acceptors (Lipinski definition) is 5. The van der Waals surface area contributed by atoms with E-state index in [9.17, 15) is 18.0 Å². The molecule has 0 radical (unpaired) electrons. The first-order valence-electron chi connectivity index (χ1n) is 7.68. The molecule has 0 bridgehead atoms. The molecule has 0 spiro atoms. The van der Waals surface area contributed by atoms with E-state index in [0.717, 1.165) is 23.7 Å². The number of nitrogens with zero attached hydrogens (tertiary/aromatic N) is 1. The molecule has 24 heavy (non-hydrogen) atoms. The first kappa shape index (κ1) is 18.7. The molecule has 2 heterocycles. The summed E-state index contributed by atoms with van der Waals surface area (Å²) in [6.07, 6.45) is 2.10. The molecule has 0 aromatic heterocycles. The summed E-state index contributed by atoms with van der Waals surface area (Å²) in [5, 5.41) is 6.08. The Bertz CT molecular complexity index is 760. The lowest BCUT2D eigenvalue weighted by atomic mass is 10.1. The lowest BCUT2D eigenvalue weighted by molar-refractivity contribution is 0.0874. The zero-order valence-corrected chi connectivity index (χ0v) is 14.9. The SMILES string of the molecule is CCN1C(=O)c2ccc(C(=O)NCC3CCCN3)cc2S1(=O)=O.Cl. The number of halogens is 1. The zero-order valence-electron chi connectivity index (χ0n) is 13.2. The van der Waals surface area contributed by atoms with Crippen LogP contribution in [0.15, 0.2) is 23.1 Å². The minimum atomic E-state index is -3.84. The molecule has 0 aliphatic carbocycles. The van der Waals surface area contributed by atoms with Gasteiger partial charge in [0, 0.05) is 24.7 Å². The third-order valence-electron chi connectivity index (χ3n) is 4.23. The number of carbonyl (C=O) groups is 2. The van der Waals surface area contributed by atoms with Gasteiger partial charge in [-0.05, 0) is 44.5 Å². The number of fused-ring (bicyclic) bond motifs is 1. The number of hydrogen-bond donors (Lipinski definition) is 2. The Morgan fingerprint density at radius 1 is 1.42 bits per heavy atom. The highest BCUT2D eigenvalue weighted by molar-refractivity contribution is 7.90. The van der Waals surface area contributed by atoms with Crippen LogP contribution in [0.25, 0.3) is 0 Å². The third kappa shape index (κ3) is 3.13.